The number of nitrogens with zero attached hydrogens (tertiary/aromatic N) is 2. The number of benzene rings is 1. The fraction of sp³-hybridized carbons (Fsp3) is 0.640. The van der Waals surface area contributed by atoms with Crippen LogP contribution in [0.2, 0.25) is 0 Å². The highest BCUT2D eigenvalue weighted by Crippen LogP contribution is 2.51. The number of hydrogen-bond donors (Lipinski definition) is 0. The Morgan fingerprint density at radius 3 is 2.61 bits per heavy atom. The van der Waals surface area contributed by atoms with Crippen molar-refractivity contribution < 1.29 is 4.39 Å². The van der Waals surface area contributed by atoms with Crippen LogP contribution in [-0.4, -0.2) is 9.55 Å². The summed E-state index contributed by atoms with van der Waals surface area (Å²) in [6.45, 7) is 5.49. The minimum atomic E-state index is -0.102. The fourth-order valence-electron chi connectivity index (χ4n) is 5.70. The van der Waals surface area contributed by atoms with Crippen LogP contribution in [0.5, 0.6) is 0 Å². The van der Waals surface area contributed by atoms with Gasteiger partial charge in [0.05, 0.1) is 6.33 Å². The van der Waals surface area contributed by atoms with Crippen molar-refractivity contribution in [3.05, 3.63) is 54.4 Å². The molecule has 0 amide bonds. The van der Waals surface area contributed by atoms with Gasteiger partial charge in [-0.2, -0.15) is 0 Å². The third kappa shape index (κ3) is 4.67. The van der Waals surface area contributed by atoms with Gasteiger partial charge in [-0.25, -0.2) is 9.37 Å². The first-order valence-electron chi connectivity index (χ1n) is 11.4. The molecule has 0 saturated heterocycles. The van der Waals surface area contributed by atoms with Crippen molar-refractivity contribution in [2.24, 2.45) is 11.8 Å². The van der Waals surface area contributed by atoms with Gasteiger partial charge in [-0.1, -0.05) is 64.5 Å². The van der Waals surface area contributed by atoms with Gasteiger partial charge in [0.1, 0.15) is 5.82 Å². The lowest BCUT2D eigenvalue weighted by atomic mass is 9.59. The Kier molecular flexibility index (Phi) is 7.70. The first-order valence-corrected chi connectivity index (χ1v) is 11.4. The molecule has 0 spiro atoms. The molecule has 2 unspecified atom stereocenters. The number of aromatic nitrogens is 2. The van der Waals surface area contributed by atoms with Crippen molar-refractivity contribution in [3.63, 3.8) is 0 Å². The highest BCUT2D eigenvalue weighted by atomic mass is 19.1. The normalized spacial score (nSPS) is 18.2. The van der Waals surface area contributed by atoms with E-state index in [4.69, 9.17) is 0 Å². The van der Waals surface area contributed by atoms with Gasteiger partial charge in [-0.3, -0.25) is 0 Å². The minimum absolute atomic E-state index is 0.0109. The molecule has 0 aliphatic heterocycles. The van der Waals surface area contributed by atoms with E-state index >= 15 is 0 Å². The molecule has 3 rings (SSSR count). The monoisotopic (exact) mass is 384 g/mol. The molecule has 154 valence electrons. The Bertz CT molecular complexity index is 690. The van der Waals surface area contributed by atoms with Gasteiger partial charge in [-0.05, 0) is 55.2 Å². The highest BCUT2D eigenvalue weighted by molar-refractivity contribution is 5.29. The molecule has 1 aromatic carbocycles. The van der Waals surface area contributed by atoms with E-state index in [2.05, 4.69) is 35.7 Å². The molecule has 28 heavy (non-hydrogen) atoms. The average Bonchev–Trinajstić information content (AvgIpc) is 3.40. The summed E-state index contributed by atoms with van der Waals surface area (Å²) >= 11 is 0. The molecule has 0 bridgehead atoms. The standard InChI is InChI=1S/C25H37FN2/c1-3-5-6-11-21(10-4-2)25(22-12-7-8-13-22,19-28-17-16-27-20-28)23-14-9-15-24(26)18-23/h9,14-18,20-22H,3-8,10-13,19H2,1-2H3. The number of hydrogen-bond acceptors (Lipinski definition) is 1. The highest BCUT2D eigenvalue weighted by Gasteiger charge is 2.47. The molecule has 2 nitrogen and oxygen atoms in total. The summed E-state index contributed by atoms with van der Waals surface area (Å²) in [6.07, 6.45) is 18.5. The summed E-state index contributed by atoms with van der Waals surface area (Å²) in [5.41, 5.74) is 1.20. The molecule has 0 radical (unpaired) electrons. The molecular weight excluding hydrogens is 347 g/mol. The Balaban J connectivity index is 2.09. The topological polar surface area (TPSA) is 17.8 Å². The van der Waals surface area contributed by atoms with Crippen molar-refractivity contribution >= 4 is 0 Å². The lowest BCUT2D eigenvalue weighted by molar-refractivity contribution is 0.121. The lowest BCUT2D eigenvalue weighted by Gasteiger charge is -2.47. The van der Waals surface area contributed by atoms with Crippen LogP contribution in [-0.2, 0) is 12.0 Å². The predicted molar refractivity (Wildman–Crippen MR) is 115 cm³/mol. The summed E-state index contributed by atoms with van der Waals surface area (Å²) in [5.74, 6) is 1.10. The van der Waals surface area contributed by atoms with Gasteiger partial charge in [-0.15, -0.1) is 0 Å². The van der Waals surface area contributed by atoms with Crippen LogP contribution in [0.25, 0.3) is 0 Å². The predicted octanol–water partition coefficient (Wildman–Crippen LogP) is 7.15. The zero-order valence-corrected chi connectivity index (χ0v) is 17.7. The fourth-order valence-corrected chi connectivity index (χ4v) is 5.70. The van der Waals surface area contributed by atoms with E-state index < -0.39 is 0 Å². The Morgan fingerprint density at radius 2 is 1.96 bits per heavy atom. The van der Waals surface area contributed by atoms with Gasteiger partial charge in [0.2, 0.25) is 0 Å². The van der Waals surface area contributed by atoms with Crippen LogP contribution in [0.1, 0.15) is 83.6 Å². The number of unbranched alkanes of at least 4 members (excludes halogenated alkanes) is 2. The zero-order chi connectivity index (χ0) is 19.8. The Labute approximate surface area is 170 Å². The van der Waals surface area contributed by atoms with E-state index in [0.29, 0.717) is 11.8 Å². The molecule has 1 heterocycles. The van der Waals surface area contributed by atoms with Crippen molar-refractivity contribution in [3.8, 4) is 0 Å². The van der Waals surface area contributed by atoms with Crippen LogP contribution >= 0.6 is 0 Å². The van der Waals surface area contributed by atoms with Crippen molar-refractivity contribution in [1.82, 2.24) is 9.55 Å². The van der Waals surface area contributed by atoms with E-state index in [1.807, 2.05) is 24.7 Å². The van der Waals surface area contributed by atoms with Crippen molar-refractivity contribution in [1.29, 1.82) is 0 Å². The van der Waals surface area contributed by atoms with E-state index in [9.17, 15) is 4.39 Å². The first-order chi connectivity index (χ1) is 13.7. The molecule has 1 saturated carbocycles. The summed E-state index contributed by atoms with van der Waals surface area (Å²) in [6, 6.07) is 7.53. The van der Waals surface area contributed by atoms with Gasteiger partial charge in [0.25, 0.3) is 0 Å². The number of rotatable bonds is 11. The summed E-state index contributed by atoms with van der Waals surface area (Å²) in [4.78, 5) is 4.31. The van der Waals surface area contributed by atoms with E-state index in [-0.39, 0.29) is 11.2 Å². The number of halogens is 1. The lowest BCUT2D eigenvalue weighted by Crippen LogP contribution is -2.45. The summed E-state index contributed by atoms with van der Waals surface area (Å²) in [5, 5.41) is 0. The summed E-state index contributed by atoms with van der Waals surface area (Å²) in [7, 11) is 0. The smallest absolute Gasteiger partial charge is 0.123 e. The number of imidazole rings is 1. The maximum atomic E-state index is 14.4. The van der Waals surface area contributed by atoms with Crippen molar-refractivity contribution in [2.45, 2.75) is 90.0 Å². The molecular formula is C25H37FN2. The molecule has 2 aromatic rings. The van der Waals surface area contributed by atoms with Crippen LogP contribution < -0.4 is 0 Å². The maximum absolute atomic E-state index is 14.4. The second kappa shape index (κ2) is 10.2. The third-order valence-corrected chi connectivity index (χ3v) is 6.97. The van der Waals surface area contributed by atoms with E-state index in [1.165, 1.54) is 69.8 Å². The molecule has 1 aliphatic rings. The zero-order valence-electron chi connectivity index (χ0n) is 17.7. The van der Waals surface area contributed by atoms with Gasteiger partial charge < -0.3 is 4.57 Å². The van der Waals surface area contributed by atoms with Crippen LogP contribution in [0.3, 0.4) is 0 Å². The van der Waals surface area contributed by atoms with Gasteiger partial charge in [0.15, 0.2) is 0 Å². The third-order valence-electron chi connectivity index (χ3n) is 6.97. The van der Waals surface area contributed by atoms with Gasteiger partial charge in [0, 0.05) is 24.4 Å². The largest absolute Gasteiger partial charge is 0.337 e. The second-order valence-corrected chi connectivity index (χ2v) is 8.75. The van der Waals surface area contributed by atoms with Crippen LogP contribution in [0.4, 0.5) is 4.39 Å². The average molecular weight is 385 g/mol. The van der Waals surface area contributed by atoms with Crippen LogP contribution in [0.15, 0.2) is 43.0 Å². The Hall–Kier alpha value is -1.64. The first kappa shape index (κ1) is 21.1. The second-order valence-electron chi connectivity index (χ2n) is 8.75. The van der Waals surface area contributed by atoms with E-state index in [1.54, 1.807) is 6.07 Å². The van der Waals surface area contributed by atoms with Crippen LogP contribution in [0, 0.1) is 17.7 Å². The Morgan fingerprint density at radius 1 is 1.14 bits per heavy atom. The molecule has 2 atom stereocenters. The maximum Gasteiger partial charge on any atom is 0.123 e. The quantitative estimate of drug-likeness (QED) is 0.376. The summed E-state index contributed by atoms with van der Waals surface area (Å²) < 4.78 is 16.6. The van der Waals surface area contributed by atoms with Gasteiger partial charge >= 0.3 is 0 Å². The van der Waals surface area contributed by atoms with Crippen molar-refractivity contribution in [2.75, 3.05) is 0 Å². The molecule has 1 fully saturated rings. The SMILES string of the molecule is CCCCCC(CCC)C(Cn1ccnc1)(c1cccc(F)c1)C1CCCC1. The minimum Gasteiger partial charge on any atom is -0.337 e. The molecule has 3 heteroatoms. The molecule has 1 aliphatic carbocycles. The molecule has 0 N–H and O–H groups in total. The van der Waals surface area contributed by atoms with E-state index in [0.717, 1.165) is 6.54 Å². The molecule has 1 aromatic heterocycles.